The molecule has 24 heavy (non-hydrogen) atoms. The number of halogens is 3. The summed E-state index contributed by atoms with van der Waals surface area (Å²) in [6, 6.07) is 4.61. The zero-order chi connectivity index (χ0) is 17.5. The molecule has 3 rings (SSSR count). The summed E-state index contributed by atoms with van der Waals surface area (Å²) in [6.45, 7) is 2.65. The summed E-state index contributed by atoms with van der Waals surface area (Å²) in [5, 5.41) is 0. The Hall–Kier alpha value is -2.05. The molecule has 1 aromatic rings. The van der Waals surface area contributed by atoms with E-state index in [-0.39, 0.29) is 30.4 Å². The normalized spacial score (nSPS) is 22.2. The zero-order valence-electron chi connectivity index (χ0n) is 13.3. The summed E-state index contributed by atoms with van der Waals surface area (Å²) >= 11 is 0. The van der Waals surface area contributed by atoms with Gasteiger partial charge >= 0.3 is 12.2 Å². The lowest BCUT2D eigenvalue weighted by atomic mass is 9.95. The van der Waals surface area contributed by atoms with Crippen molar-refractivity contribution in [2.45, 2.75) is 44.3 Å². The first-order chi connectivity index (χ1) is 11.3. The molecule has 130 valence electrons. The van der Waals surface area contributed by atoms with Crippen molar-refractivity contribution in [1.82, 2.24) is 9.80 Å². The molecule has 0 N–H and O–H groups in total. The molecule has 0 aromatic heterocycles. The summed E-state index contributed by atoms with van der Waals surface area (Å²) in [6.07, 6.45) is -2.39. The second-order valence-electron chi connectivity index (χ2n) is 6.44. The number of fused-ring (bicyclic) bond motifs is 1. The van der Waals surface area contributed by atoms with Crippen LogP contribution >= 0.6 is 0 Å². The molecule has 0 radical (unpaired) electrons. The molecular formula is C17H19F3N2O2. The molecule has 2 saturated heterocycles. The molecule has 2 heterocycles. The van der Waals surface area contributed by atoms with Gasteiger partial charge in [-0.2, -0.15) is 13.2 Å². The maximum atomic E-state index is 12.8. The first-order valence-electron chi connectivity index (χ1n) is 8.08. The predicted octanol–water partition coefficient (Wildman–Crippen LogP) is 3.63. The fraction of sp³-hybridized carbons (Fsp3) is 0.529. The molecule has 2 aliphatic rings. The van der Waals surface area contributed by atoms with Crippen LogP contribution in [0, 0.1) is 0 Å². The van der Waals surface area contributed by atoms with E-state index in [1.54, 1.807) is 11.0 Å². The fourth-order valence-electron chi connectivity index (χ4n) is 3.40. The van der Waals surface area contributed by atoms with Crippen LogP contribution in [0.2, 0.25) is 0 Å². The Morgan fingerprint density at radius 3 is 2.71 bits per heavy atom. The number of urea groups is 1. The van der Waals surface area contributed by atoms with Crippen LogP contribution in [0.15, 0.2) is 24.3 Å². The third-order valence-corrected chi connectivity index (χ3v) is 4.85. The lowest BCUT2D eigenvalue weighted by Gasteiger charge is -2.19. The highest BCUT2D eigenvalue weighted by Gasteiger charge is 2.46. The van der Waals surface area contributed by atoms with Crippen molar-refractivity contribution in [3.63, 3.8) is 0 Å². The van der Waals surface area contributed by atoms with Gasteiger partial charge in [-0.25, -0.2) is 4.79 Å². The van der Waals surface area contributed by atoms with E-state index in [1.165, 1.54) is 11.0 Å². The zero-order valence-corrected chi connectivity index (χ0v) is 13.3. The van der Waals surface area contributed by atoms with Crippen molar-refractivity contribution in [3.8, 4) is 0 Å². The van der Waals surface area contributed by atoms with E-state index in [4.69, 9.17) is 0 Å². The summed E-state index contributed by atoms with van der Waals surface area (Å²) in [5.41, 5.74) is -0.120. The van der Waals surface area contributed by atoms with Gasteiger partial charge in [0.15, 0.2) is 0 Å². The van der Waals surface area contributed by atoms with Crippen LogP contribution in [0.3, 0.4) is 0 Å². The minimum absolute atomic E-state index is 0.172. The van der Waals surface area contributed by atoms with Gasteiger partial charge in [-0.3, -0.25) is 9.69 Å². The van der Waals surface area contributed by atoms with E-state index in [0.29, 0.717) is 24.9 Å². The van der Waals surface area contributed by atoms with E-state index >= 15 is 0 Å². The molecule has 3 amide bonds. The highest BCUT2D eigenvalue weighted by Crippen LogP contribution is 2.32. The van der Waals surface area contributed by atoms with Gasteiger partial charge in [0.05, 0.1) is 5.56 Å². The lowest BCUT2D eigenvalue weighted by Crippen LogP contribution is -2.34. The Morgan fingerprint density at radius 2 is 2.04 bits per heavy atom. The van der Waals surface area contributed by atoms with Crippen LogP contribution < -0.4 is 0 Å². The molecule has 2 aliphatic heterocycles. The number of carbonyl (C=O) groups is 2. The van der Waals surface area contributed by atoms with Crippen LogP contribution in [0.25, 0.3) is 0 Å². The molecular weight excluding hydrogens is 321 g/mol. The summed E-state index contributed by atoms with van der Waals surface area (Å²) < 4.78 is 38.4. The monoisotopic (exact) mass is 340 g/mol. The predicted molar refractivity (Wildman–Crippen MR) is 81.3 cm³/mol. The van der Waals surface area contributed by atoms with Crippen molar-refractivity contribution in [3.05, 3.63) is 35.4 Å². The van der Waals surface area contributed by atoms with E-state index in [2.05, 4.69) is 0 Å². The van der Waals surface area contributed by atoms with Crippen LogP contribution in [-0.2, 0) is 11.0 Å². The minimum Gasteiger partial charge on any atom is -0.312 e. The summed E-state index contributed by atoms with van der Waals surface area (Å²) in [7, 11) is 0. The third kappa shape index (κ3) is 2.99. The number of alkyl halides is 3. The molecule has 0 unspecified atom stereocenters. The number of rotatable bonds is 4. The van der Waals surface area contributed by atoms with E-state index in [1.807, 2.05) is 6.92 Å². The van der Waals surface area contributed by atoms with Crippen LogP contribution in [0.1, 0.15) is 43.2 Å². The molecule has 2 fully saturated rings. The molecule has 2 atom stereocenters. The van der Waals surface area contributed by atoms with Crippen molar-refractivity contribution in [2.75, 3.05) is 13.1 Å². The standard InChI is InChI=1S/C17H19F3N2O2/c1-11(12-4-2-5-13(10-12)17(18,19)20)7-9-22-15(23)14-6-3-8-21(14)16(22)24/h2,4-5,10-11,14H,3,6-9H2,1H3/t11-,14-/m1/s1. The van der Waals surface area contributed by atoms with Gasteiger partial charge in [0.1, 0.15) is 6.04 Å². The number of hydrogen-bond acceptors (Lipinski definition) is 2. The van der Waals surface area contributed by atoms with Crippen molar-refractivity contribution >= 4 is 11.9 Å². The number of imide groups is 1. The Balaban J connectivity index is 1.65. The summed E-state index contributed by atoms with van der Waals surface area (Å²) in [5.74, 6) is -0.350. The number of amides is 3. The van der Waals surface area contributed by atoms with Gasteiger partial charge in [-0.15, -0.1) is 0 Å². The SMILES string of the molecule is C[C@H](CCN1C(=O)[C@H]2CCCN2C1=O)c1cccc(C(F)(F)F)c1. The quantitative estimate of drug-likeness (QED) is 0.786. The molecule has 7 heteroatoms. The van der Waals surface area contributed by atoms with E-state index in [9.17, 15) is 22.8 Å². The van der Waals surface area contributed by atoms with Crippen LogP contribution in [-0.4, -0.2) is 40.9 Å². The number of hydrogen-bond donors (Lipinski definition) is 0. The van der Waals surface area contributed by atoms with Gasteiger partial charge in [-0.05, 0) is 36.8 Å². The van der Waals surface area contributed by atoms with Gasteiger partial charge in [0, 0.05) is 13.1 Å². The number of benzene rings is 1. The molecule has 0 spiro atoms. The Morgan fingerprint density at radius 1 is 1.29 bits per heavy atom. The maximum absolute atomic E-state index is 12.8. The first kappa shape index (κ1) is 16.8. The van der Waals surface area contributed by atoms with Gasteiger partial charge in [0.25, 0.3) is 5.91 Å². The van der Waals surface area contributed by atoms with Gasteiger partial charge in [0.2, 0.25) is 0 Å². The lowest BCUT2D eigenvalue weighted by molar-refractivity contribution is -0.137. The van der Waals surface area contributed by atoms with Gasteiger partial charge < -0.3 is 4.90 Å². The van der Waals surface area contributed by atoms with E-state index in [0.717, 1.165) is 18.6 Å². The van der Waals surface area contributed by atoms with Gasteiger partial charge in [-0.1, -0.05) is 25.1 Å². The maximum Gasteiger partial charge on any atom is 0.416 e. The van der Waals surface area contributed by atoms with Crippen LogP contribution in [0.5, 0.6) is 0 Å². The summed E-state index contributed by atoms with van der Waals surface area (Å²) in [4.78, 5) is 27.3. The topological polar surface area (TPSA) is 40.6 Å². The molecule has 0 aliphatic carbocycles. The molecule has 0 saturated carbocycles. The third-order valence-electron chi connectivity index (χ3n) is 4.85. The second kappa shape index (κ2) is 6.11. The largest absolute Gasteiger partial charge is 0.416 e. The molecule has 0 bridgehead atoms. The second-order valence-corrected chi connectivity index (χ2v) is 6.44. The molecule has 4 nitrogen and oxygen atoms in total. The average molecular weight is 340 g/mol. The van der Waals surface area contributed by atoms with Crippen LogP contribution in [0.4, 0.5) is 18.0 Å². The smallest absolute Gasteiger partial charge is 0.312 e. The highest BCUT2D eigenvalue weighted by molar-refractivity contribution is 6.04. The Bertz CT molecular complexity index is 637. The highest BCUT2D eigenvalue weighted by atomic mass is 19.4. The van der Waals surface area contributed by atoms with E-state index < -0.39 is 11.7 Å². The van der Waals surface area contributed by atoms with Crippen molar-refractivity contribution in [1.29, 1.82) is 0 Å². The van der Waals surface area contributed by atoms with Crippen molar-refractivity contribution < 1.29 is 22.8 Å². The molecule has 1 aromatic carbocycles. The minimum atomic E-state index is -4.37. The first-order valence-corrected chi connectivity index (χ1v) is 8.08. The number of nitrogens with zero attached hydrogens (tertiary/aromatic N) is 2. The fourth-order valence-corrected chi connectivity index (χ4v) is 3.40. The Labute approximate surface area is 138 Å². The number of carbonyl (C=O) groups excluding carboxylic acids is 2. The van der Waals surface area contributed by atoms with Crippen molar-refractivity contribution in [2.24, 2.45) is 0 Å². The average Bonchev–Trinajstić information content (AvgIpc) is 3.10. The Kier molecular flexibility index (Phi) is 4.27.